The Morgan fingerprint density at radius 3 is 2.24 bits per heavy atom. The van der Waals surface area contributed by atoms with E-state index in [0.29, 0.717) is 11.4 Å². The zero-order valence-electron chi connectivity index (χ0n) is 19.8. The maximum Gasteiger partial charge on any atom is 0.257 e. The van der Waals surface area contributed by atoms with Crippen LogP contribution in [0.25, 0.3) is 11.4 Å². The van der Waals surface area contributed by atoms with Crippen molar-refractivity contribution in [3.05, 3.63) is 66.2 Å². The number of benzene rings is 2. The summed E-state index contributed by atoms with van der Waals surface area (Å²) in [6.07, 6.45) is -0.00191. The molecule has 0 fully saturated rings. The Morgan fingerprint density at radius 2 is 1.64 bits per heavy atom. The fourth-order valence-electron chi connectivity index (χ4n) is 3.01. The van der Waals surface area contributed by atoms with Crippen LogP contribution in [-0.2, 0) is 9.22 Å². The van der Waals surface area contributed by atoms with Gasteiger partial charge in [0.25, 0.3) is 5.91 Å². The molecular formula is C24H31N5O3Si. The van der Waals surface area contributed by atoms with Crippen molar-refractivity contribution in [1.82, 2.24) is 25.5 Å². The van der Waals surface area contributed by atoms with Gasteiger partial charge in [0.05, 0.1) is 19.1 Å². The van der Waals surface area contributed by atoms with Crippen molar-refractivity contribution in [1.29, 1.82) is 0 Å². The summed E-state index contributed by atoms with van der Waals surface area (Å²) in [4.78, 5) is 25.3. The Labute approximate surface area is 195 Å². The predicted molar refractivity (Wildman–Crippen MR) is 129 cm³/mol. The van der Waals surface area contributed by atoms with Crippen molar-refractivity contribution in [3.63, 3.8) is 0 Å². The number of carbonyl (C=O) groups is 2. The normalized spacial score (nSPS) is 12.9. The Hall–Kier alpha value is -3.17. The number of aromatic nitrogens is 4. The van der Waals surface area contributed by atoms with E-state index in [9.17, 15) is 9.59 Å². The molecule has 1 N–H and O–H groups in total. The monoisotopic (exact) mass is 465 g/mol. The summed E-state index contributed by atoms with van der Waals surface area (Å²) in [5.74, 6) is -0.312. The Kier molecular flexibility index (Phi) is 7.55. The summed E-state index contributed by atoms with van der Waals surface area (Å²) in [5, 5.41) is 14.7. The SMILES string of the molecule is CC(C)(C)[Si](C)(C)OCC(CC(=O)NC(=O)c1ccccc1)n1nnnc1-c1ccccc1. The maximum atomic E-state index is 12.8. The zero-order chi connectivity index (χ0) is 24.1. The summed E-state index contributed by atoms with van der Waals surface area (Å²) in [7, 11) is -2.09. The second-order valence-electron chi connectivity index (χ2n) is 9.49. The van der Waals surface area contributed by atoms with E-state index in [1.165, 1.54) is 0 Å². The van der Waals surface area contributed by atoms with E-state index < -0.39 is 26.2 Å². The maximum absolute atomic E-state index is 12.8. The van der Waals surface area contributed by atoms with Gasteiger partial charge in [-0.2, -0.15) is 0 Å². The molecule has 0 aliphatic carbocycles. The molecule has 0 saturated carbocycles. The topological polar surface area (TPSA) is 99.0 Å². The molecule has 0 spiro atoms. The number of tetrazole rings is 1. The van der Waals surface area contributed by atoms with Crippen molar-refractivity contribution < 1.29 is 14.0 Å². The van der Waals surface area contributed by atoms with E-state index >= 15 is 0 Å². The molecule has 2 amide bonds. The fourth-order valence-corrected chi connectivity index (χ4v) is 4.05. The molecule has 9 heteroatoms. The minimum absolute atomic E-state index is 0.00191. The lowest BCUT2D eigenvalue weighted by Gasteiger charge is -2.37. The highest BCUT2D eigenvalue weighted by atomic mass is 28.4. The van der Waals surface area contributed by atoms with Crippen molar-refractivity contribution in [2.24, 2.45) is 0 Å². The van der Waals surface area contributed by atoms with Crippen LogP contribution in [0.15, 0.2) is 60.7 Å². The smallest absolute Gasteiger partial charge is 0.257 e. The van der Waals surface area contributed by atoms with Crippen molar-refractivity contribution in [3.8, 4) is 11.4 Å². The van der Waals surface area contributed by atoms with Crippen LogP contribution in [0.1, 0.15) is 43.6 Å². The molecule has 0 bridgehead atoms. The quantitative estimate of drug-likeness (QED) is 0.499. The van der Waals surface area contributed by atoms with Gasteiger partial charge in [-0.3, -0.25) is 14.9 Å². The van der Waals surface area contributed by atoms with Crippen LogP contribution >= 0.6 is 0 Å². The third-order valence-corrected chi connectivity index (χ3v) is 10.5. The third-order valence-electron chi connectivity index (χ3n) is 6.02. The molecule has 1 atom stereocenters. The van der Waals surface area contributed by atoms with Gasteiger partial charge in [-0.15, -0.1) is 5.10 Å². The molecule has 0 aliphatic heterocycles. The van der Waals surface area contributed by atoms with Crippen molar-refractivity contribution >= 4 is 20.1 Å². The molecule has 174 valence electrons. The number of imide groups is 1. The minimum Gasteiger partial charge on any atom is -0.415 e. The second kappa shape index (κ2) is 10.2. The van der Waals surface area contributed by atoms with Gasteiger partial charge in [-0.05, 0) is 40.7 Å². The van der Waals surface area contributed by atoms with E-state index in [1.807, 2.05) is 36.4 Å². The number of carbonyl (C=O) groups excluding carboxylic acids is 2. The van der Waals surface area contributed by atoms with Gasteiger partial charge in [0, 0.05) is 11.1 Å². The molecule has 1 heterocycles. The molecule has 33 heavy (non-hydrogen) atoms. The summed E-state index contributed by atoms with van der Waals surface area (Å²) >= 11 is 0. The molecule has 1 aromatic heterocycles. The lowest BCUT2D eigenvalue weighted by atomic mass is 10.1. The van der Waals surface area contributed by atoms with E-state index in [4.69, 9.17) is 4.43 Å². The van der Waals surface area contributed by atoms with Gasteiger partial charge in [0.15, 0.2) is 14.1 Å². The van der Waals surface area contributed by atoms with Crippen LogP contribution in [0.2, 0.25) is 18.1 Å². The third kappa shape index (κ3) is 6.20. The molecule has 2 aromatic carbocycles. The lowest BCUT2D eigenvalue weighted by molar-refractivity contribution is -0.121. The van der Waals surface area contributed by atoms with Gasteiger partial charge < -0.3 is 4.43 Å². The van der Waals surface area contributed by atoms with Gasteiger partial charge in [0.1, 0.15) is 0 Å². The first kappa shape index (κ1) is 24.5. The number of hydrogen-bond donors (Lipinski definition) is 1. The second-order valence-corrected chi connectivity index (χ2v) is 14.3. The molecule has 0 saturated heterocycles. The Balaban J connectivity index is 1.83. The van der Waals surface area contributed by atoms with Crippen molar-refractivity contribution in [2.75, 3.05) is 6.61 Å². The van der Waals surface area contributed by atoms with E-state index in [2.05, 4.69) is 54.7 Å². The van der Waals surface area contributed by atoms with Gasteiger partial charge in [-0.25, -0.2) is 4.68 Å². The molecule has 1 unspecified atom stereocenters. The lowest BCUT2D eigenvalue weighted by Crippen LogP contribution is -2.43. The zero-order valence-corrected chi connectivity index (χ0v) is 20.8. The summed E-state index contributed by atoms with van der Waals surface area (Å²) in [5.41, 5.74) is 1.26. The average molecular weight is 466 g/mol. The number of amides is 2. The Morgan fingerprint density at radius 1 is 1.03 bits per heavy atom. The van der Waals surface area contributed by atoms with Gasteiger partial charge in [-0.1, -0.05) is 69.3 Å². The van der Waals surface area contributed by atoms with Crippen LogP contribution in [0.3, 0.4) is 0 Å². The Bertz CT molecular complexity index is 1080. The summed E-state index contributed by atoms with van der Waals surface area (Å²) < 4.78 is 8.04. The van der Waals surface area contributed by atoms with Crippen LogP contribution in [0.5, 0.6) is 0 Å². The van der Waals surface area contributed by atoms with E-state index in [-0.39, 0.29) is 18.1 Å². The molecule has 3 rings (SSSR count). The number of rotatable bonds is 8. The number of nitrogens with one attached hydrogen (secondary N) is 1. The molecule has 3 aromatic rings. The summed E-state index contributed by atoms with van der Waals surface area (Å²) in [6, 6.07) is 17.7. The predicted octanol–water partition coefficient (Wildman–Crippen LogP) is 4.25. The van der Waals surface area contributed by atoms with Crippen LogP contribution in [0.4, 0.5) is 0 Å². The summed E-state index contributed by atoms with van der Waals surface area (Å²) in [6.45, 7) is 11.0. The van der Waals surface area contributed by atoms with Gasteiger partial charge >= 0.3 is 0 Å². The standard InChI is InChI=1S/C24H31N5O3Si/c1-24(2,3)33(4,5)32-17-20(16-21(30)25-23(31)19-14-10-7-11-15-19)29-22(26-27-28-29)18-12-8-6-9-13-18/h6-15,20H,16-17H2,1-5H3,(H,25,30,31). The van der Waals surface area contributed by atoms with Crippen LogP contribution in [-0.4, -0.2) is 46.9 Å². The van der Waals surface area contributed by atoms with Crippen molar-refractivity contribution in [2.45, 2.75) is 51.4 Å². The number of hydrogen-bond acceptors (Lipinski definition) is 6. The molecule has 0 radical (unpaired) electrons. The first-order valence-electron chi connectivity index (χ1n) is 10.9. The van der Waals surface area contributed by atoms with Gasteiger partial charge in [0.2, 0.25) is 5.91 Å². The van der Waals surface area contributed by atoms with Crippen LogP contribution in [0, 0.1) is 0 Å². The highest BCUT2D eigenvalue weighted by molar-refractivity contribution is 6.74. The number of nitrogens with zero attached hydrogens (tertiary/aromatic N) is 4. The minimum atomic E-state index is -2.09. The first-order chi connectivity index (χ1) is 15.6. The molecule has 8 nitrogen and oxygen atoms in total. The van der Waals surface area contributed by atoms with E-state index in [0.717, 1.165) is 5.56 Å². The first-order valence-corrected chi connectivity index (χ1v) is 13.9. The highest BCUT2D eigenvalue weighted by Gasteiger charge is 2.38. The highest BCUT2D eigenvalue weighted by Crippen LogP contribution is 2.37. The molecule has 0 aliphatic rings. The fraction of sp³-hybridized carbons (Fsp3) is 0.375. The van der Waals surface area contributed by atoms with Crippen LogP contribution < -0.4 is 5.32 Å². The largest absolute Gasteiger partial charge is 0.415 e. The average Bonchev–Trinajstić information content (AvgIpc) is 3.27. The molecular weight excluding hydrogens is 434 g/mol. The van der Waals surface area contributed by atoms with E-state index in [1.54, 1.807) is 28.9 Å².